The standard InChI is InChI=1S/C14H13FN4O/c1-3-12-14(13(20)4-2)17-18-19(12)10-5-6-11(15)9(7-10)8-16/h5-7H,3-4H2,1-2H3. The van der Waals surface area contributed by atoms with E-state index in [-0.39, 0.29) is 11.3 Å². The van der Waals surface area contributed by atoms with Gasteiger partial charge in [-0.2, -0.15) is 5.26 Å². The maximum absolute atomic E-state index is 13.3. The molecule has 1 aromatic carbocycles. The number of carbonyl (C=O) groups excluding carboxylic acids is 1. The third-order valence-corrected chi connectivity index (χ3v) is 3.00. The zero-order valence-corrected chi connectivity index (χ0v) is 11.2. The monoisotopic (exact) mass is 272 g/mol. The summed E-state index contributed by atoms with van der Waals surface area (Å²) in [5, 5.41) is 16.7. The molecule has 2 aromatic rings. The maximum Gasteiger partial charge on any atom is 0.184 e. The van der Waals surface area contributed by atoms with Crippen LogP contribution in [0.4, 0.5) is 4.39 Å². The molecule has 0 bridgehead atoms. The van der Waals surface area contributed by atoms with E-state index < -0.39 is 5.82 Å². The molecule has 1 aromatic heterocycles. The predicted octanol–water partition coefficient (Wildman–Crippen LogP) is 2.43. The fourth-order valence-corrected chi connectivity index (χ4v) is 1.94. The molecule has 0 radical (unpaired) electrons. The highest BCUT2D eigenvalue weighted by Gasteiger charge is 2.18. The van der Waals surface area contributed by atoms with Crippen molar-refractivity contribution < 1.29 is 9.18 Å². The minimum Gasteiger partial charge on any atom is -0.292 e. The van der Waals surface area contributed by atoms with Crippen molar-refractivity contribution in [1.82, 2.24) is 15.0 Å². The largest absolute Gasteiger partial charge is 0.292 e. The highest BCUT2D eigenvalue weighted by molar-refractivity contribution is 5.95. The topological polar surface area (TPSA) is 71.6 Å². The number of aromatic nitrogens is 3. The molecule has 0 atom stereocenters. The van der Waals surface area contributed by atoms with Gasteiger partial charge in [0.2, 0.25) is 0 Å². The van der Waals surface area contributed by atoms with Crippen LogP contribution in [0.2, 0.25) is 0 Å². The van der Waals surface area contributed by atoms with Crippen molar-refractivity contribution in [3.8, 4) is 11.8 Å². The second-order valence-electron chi connectivity index (χ2n) is 4.20. The van der Waals surface area contributed by atoms with Gasteiger partial charge in [0, 0.05) is 6.42 Å². The third kappa shape index (κ3) is 2.30. The van der Waals surface area contributed by atoms with Gasteiger partial charge in [-0.15, -0.1) is 5.10 Å². The number of hydrogen-bond acceptors (Lipinski definition) is 4. The minimum absolute atomic E-state index is 0.0663. The van der Waals surface area contributed by atoms with Gasteiger partial charge < -0.3 is 0 Å². The first kappa shape index (κ1) is 13.9. The molecule has 5 nitrogen and oxygen atoms in total. The van der Waals surface area contributed by atoms with E-state index in [1.165, 1.54) is 22.9 Å². The second kappa shape index (κ2) is 5.61. The Kier molecular flexibility index (Phi) is 3.89. The molecule has 0 aliphatic carbocycles. The Hall–Kier alpha value is -2.55. The molecule has 0 N–H and O–H groups in total. The van der Waals surface area contributed by atoms with E-state index in [0.29, 0.717) is 29.9 Å². The summed E-state index contributed by atoms with van der Waals surface area (Å²) in [6.07, 6.45) is 0.909. The van der Waals surface area contributed by atoms with Crippen molar-refractivity contribution in [3.05, 3.63) is 41.0 Å². The van der Waals surface area contributed by atoms with Gasteiger partial charge >= 0.3 is 0 Å². The van der Waals surface area contributed by atoms with Crippen molar-refractivity contribution in [2.24, 2.45) is 0 Å². The Morgan fingerprint density at radius 2 is 2.20 bits per heavy atom. The zero-order valence-electron chi connectivity index (χ0n) is 11.2. The first-order valence-corrected chi connectivity index (χ1v) is 6.30. The summed E-state index contributed by atoms with van der Waals surface area (Å²) in [5.41, 5.74) is 1.44. The molecule has 0 fully saturated rings. The van der Waals surface area contributed by atoms with Gasteiger partial charge in [0.05, 0.1) is 16.9 Å². The maximum atomic E-state index is 13.3. The van der Waals surface area contributed by atoms with Crippen LogP contribution in [0.15, 0.2) is 18.2 Å². The summed E-state index contributed by atoms with van der Waals surface area (Å²) >= 11 is 0. The lowest BCUT2D eigenvalue weighted by Gasteiger charge is -2.06. The molecule has 0 spiro atoms. The van der Waals surface area contributed by atoms with Crippen LogP contribution >= 0.6 is 0 Å². The third-order valence-electron chi connectivity index (χ3n) is 3.00. The Labute approximate surface area is 115 Å². The fourth-order valence-electron chi connectivity index (χ4n) is 1.94. The number of Topliss-reactive ketones (excluding diaryl/α,β-unsaturated/α-hetero) is 1. The van der Waals surface area contributed by atoms with E-state index in [1.54, 1.807) is 13.0 Å². The van der Waals surface area contributed by atoms with Gasteiger partial charge in [-0.05, 0) is 24.6 Å². The van der Waals surface area contributed by atoms with E-state index in [9.17, 15) is 9.18 Å². The molecule has 6 heteroatoms. The van der Waals surface area contributed by atoms with E-state index in [1.807, 2.05) is 6.92 Å². The van der Waals surface area contributed by atoms with Crippen LogP contribution in [-0.4, -0.2) is 20.8 Å². The minimum atomic E-state index is -0.584. The van der Waals surface area contributed by atoms with Crippen LogP contribution in [0.3, 0.4) is 0 Å². The number of nitrogens with zero attached hydrogens (tertiary/aromatic N) is 4. The lowest BCUT2D eigenvalue weighted by Crippen LogP contribution is -2.06. The molecule has 0 unspecified atom stereocenters. The SMILES string of the molecule is CCC(=O)c1nnn(-c2ccc(F)c(C#N)c2)c1CC. The Morgan fingerprint density at radius 1 is 1.45 bits per heavy atom. The van der Waals surface area contributed by atoms with Crippen LogP contribution in [0.25, 0.3) is 5.69 Å². The molecule has 102 valence electrons. The number of rotatable bonds is 4. The molecule has 0 saturated heterocycles. The number of carbonyl (C=O) groups is 1. The molecule has 2 rings (SSSR count). The Morgan fingerprint density at radius 3 is 2.80 bits per heavy atom. The highest BCUT2D eigenvalue weighted by Crippen LogP contribution is 2.17. The van der Waals surface area contributed by atoms with Gasteiger partial charge in [-0.3, -0.25) is 4.79 Å². The average Bonchev–Trinajstić information content (AvgIpc) is 2.90. The number of hydrogen-bond donors (Lipinski definition) is 0. The van der Waals surface area contributed by atoms with E-state index in [2.05, 4.69) is 10.3 Å². The summed E-state index contributed by atoms with van der Waals surface area (Å²) < 4.78 is 14.8. The van der Waals surface area contributed by atoms with Gasteiger partial charge in [0.15, 0.2) is 11.5 Å². The molecule has 1 heterocycles. The van der Waals surface area contributed by atoms with Gasteiger partial charge in [-0.1, -0.05) is 19.1 Å². The van der Waals surface area contributed by atoms with Crippen LogP contribution in [0.5, 0.6) is 0 Å². The molecule has 20 heavy (non-hydrogen) atoms. The first-order valence-electron chi connectivity index (χ1n) is 6.30. The number of ketones is 1. The molecule has 0 saturated carbocycles. The summed E-state index contributed by atoms with van der Waals surface area (Å²) in [4.78, 5) is 11.8. The van der Waals surface area contributed by atoms with Crippen LogP contribution in [0, 0.1) is 17.1 Å². The molecule has 0 aliphatic heterocycles. The molecular weight excluding hydrogens is 259 g/mol. The summed E-state index contributed by atoms with van der Waals surface area (Å²) in [6.45, 7) is 3.64. The fraction of sp³-hybridized carbons (Fsp3) is 0.286. The second-order valence-corrected chi connectivity index (χ2v) is 4.20. The molecule has 0 amide bonds. The number of nitriles is 1. The van der Waals surface area contributed by atoms with Crippen molar-refractivity contribution in [1.29, 1.82) is 5.26 Å². The Balaban J connectivity index is 2.56. The average molecular weight is 272 g/mol. The highest BCUT2D eigenvalue weighted by atomic mass is 19.1. The van der Waals surface area contributed by atoms with Gasteiger partial charge in [-0.25, -0.2) is 9.07 Å². The predicted molar refractivity (Wildman–Crippen MR) is 70.0 cm³/mol. The summed E-state index contributed by atoms with van der Waals surface area (Å²) in [5.74, 6) is -0.671. The Bertz CT molecular complexity index is 700. The van der Waals surface area contributed by atoms with Crippen LogP contribution < -0.4 is 0 Å². The van der Waals surface area contributed by atoms with Crippen molar-refractivity contribution >= 4 is 5.78 Å². The smallest absolute Gasteiger partial charge is 0.184 e. The zero-order chi connectivity index (χ0) is 14.7. The van der Waals surface area contributed by atoms with E-state index in [0.717, 1.165) is 0 Å². The van der Waals surface area contributed by atoms with Gasteiger partial charge in [0.25, 0.3) is 0 Å². The summed E-state index contributed by atoms with van der Waals surface area (Å²) in [6, 6.07) is 5.88. The lowest BCUT2D eigenvalue weighted by molar-refractivity contribution is 0.0982. The lowest BCUT2D eigenvalue weighted by atomic mass is 10.1. The van der Waals surface area contributed by atoms with E-state index in [4.69, 9.17) is 5.26 Å². The first-order chi connectivity index (χ1) is 9.62. The normalized spacial score (nSPS) is 10.3. The summed E-state index contributed by atoms with van der Waals surface area (Å²) in [7, 11) is 0. The number of benzene rings is 1. The van der Waals surface area contributed by atoms with E-state index >= 15 is 0 Å². The molecular formula is C14H13FN4O. The molecule has 0 aliphatic rings. The van der Waals surface area contributed by atoms with Crippen LogP contribution in [-0.2, 0) is 6.42 Å². The van der Waals surface area contributed by atoms with Crippen molar-refractivity contribution in [2.45, 2.75) is 26.7 Å². The van der Waals surface area contributed by atoms with Crippen LogP contribution in [0.1, 0.15) is 42.0 Å². The quantitative estimate of drug-likeness (QED) is 0.801. The van der Waals surface area contributed by atoms with Crippen molar-refractivity contribution in [3.63, 3.8) is 0 Å². The van der Waals surface area contributed by atoms with Gasteiger partial charge in [0.1, 0.15) is 11.9 Å². The number of halogens is 1. The van der Waals surface area contributed by atoms with Crippen molar-refractivity contribution in [2.75, 3.05) is 0 Å².